The average molecular weight is 266 g/mol. The molecule has 0 spiro atoms. The quantitative estimate of drug-likeness (QED) is 0.768. The Hall–Kier alpha value is -1.38. The highest BCUT2D eigenvalue weighted by atomic mass is 32.2. The van der Waals surface area contributed by atoms with Crippen molar-refractivity contribution in [2.45, 2.75) is 31.6 Å². The number of hydrogen-bond acceptors (Lipinski definition) is 3. The van der Waals surface area contributed by atoms with Crippen molar-refractivity contribution in [3.05, 3.63) is 29.8 Å². The molecule has 0 saturated carbocycles. The van der Waals surface area contributed by atoms with Gasteiger partial charge >= 0.3 is 0 Å². The zero-order valence-corrected chi connectivity index (χ0v) is 11.7. The molecule has 0 heterocycles. The fourth-order valence-corrected chi connectivity index (χ4v) is 2.97. The minimum Gasteiger partial charge on any atom is -0.207 e. The summed E-state index contributed by atoms with van der Waals surface area (Å²) in [7, 11) is -3.54. The van der Waals surface area contributed by atoms with E-state index in [9.17, 15) is 8.42 Å². The van der Waals surface area contributed by atoms with Crippen molar-refractivity contribution < 1.29 is 8.42 Å². The molecule has 18 heavy (non-hydrogen) atoms. The van der Waals surface area contributed by atoms with Crippen LogP contribution in [0.4, 0.5) is 0 Å². The van der Waals surface area contributed by atoms with Crippen molar-refractivity contribution >= 4 is 10.0 Å². The molecule has 1 aromatic carbocycles. The first-order valence-corrected chi connectivity index (χ1v) is 7.34. The van der Waals surface area contributed by atoms with Gasteiger partial charge in [0.25, 0.3) is 0 Å². The first-order chi connectivity index (χ1) is 8.43. The van der Waals surface area contributed by atoms with Crippen molar-refractivity contribution in [2.24, 2.45) is 0 Å². The van der Waals surface area contributed by atoms with Crippen molar-refractivity contribution in [3.8, 4) is 6.07 Å². The highest BCUT2D eigenvalue weighted by Gasteiger charge is 2.22. The van der Waals surface area contributed by atoms with E-state index in [2.05, 4.69) is 13.8 Å². The zero-order valence-electron chi connectivity index (χ0n) is 10.9. The second kappa shape index (κ2) is 5.98. The smallest absolute Gasteiger partial charge is 0.207 e. The first kappa shape index (κ1) is 14.7. The Balaban J connectivity index is 3.09. The predicted molar refractivity (Wildman–Crippen MR) is 70.6 cm³/mol. The number of hydrogen-bond donors (Lipinski definition) is 0. The van der Waals surface area contributed by atoms with Gasteiger partial charge in [0.05, 0.1) is 11.0 Å². The summed E-state index contributed by atoms with van der Waals surface area (Å²) in [4.78, 5) is 0.240. The van der Waals surface area contributed by atoms with Gasteiger partial charge < -0.3 is 0 Å². The maximum Gasteiger partial charge on any atom is 0.244 e. The molecule has 1 rings (SSSR count). The van der Waals surface area contributed by atoms with Gasteiger partial charge in [0.1, 0.15) is 6.54 Å². The summed E-state index contributed by atoms with van der Waals surface area (Å²) < 4.78 is 25.6. The third kappa shape index (κ3) is 3.09. The third-order valence-electron chi connectivity index (χ3n) is 2.78. The monoisotopic (exact) mass is 266 g/mol. The Kier molecular flexibility index (Phi) is 4.88. The van der Waals surface area contributed by atoms with Crippen molar-refractivity contribution in [1.82, 2.24) is 4.31 Å². The van der Waals surface area contributed by atoms with Crippen LogP contribution in [0.1, 0.15) is 32.3 Å². The molecule has 1 aromatic rings. The second-order valence-corrected chi connectivity index (χ2v) is 6.25. The van der Waals surface area contributed by atoms with Crippen LogP contribution in [-0.4, -0.2) is 25.8 Å². The summed E-state index contributed by atoms with van der Waals surface area (Å²) >= 11 is 0. The van der Waals surface area contributed by atoms with Crippen LogP contribution in [0, 0.1) is 11.3 Å². The average Bonchev–Trinajstić information content (AvgIpc) is 2.35. The molecule has 0 atom stereocenters. The maximum absolute atomic E-state index is 12.2. The van der Waals surface area contributed by atoms with E-state index in [-0.39, 0.29) is 11.4 Å². The third-order valence-corrected chi connectivity index (χ3v) is 4.72. The van der Waals surface area contributed by atoms with Crippen LogP contribution in [0.2, 0.25) is 0 Å². The Morgan fingerprint density at radius 3 is 2.22 bits per heavy atom. The molecule has 4 nitrogen and oxygen atoms in total. The van der Waals surface area contributed by atoms with Crippen LogP contribution in [0.5, 0.6) is 0 Å². The van der Waals surface area contributed by atoms with Gasteiger partial charge in [-0.15, -0.1) is 0 Å². The molecule has 0 aromatic heterocycles. The van der Waals surface area contributed by atoms with Crippen LogP contribution >= 0.6 is 0 Å². The minimum absolute atomic E-state index is 0.120. The Morgan fingerprint density at radius 2 is 1.83 bits per heavy atom. The van der Waals surface area contributed by atoms with E-state index in [0.29, 0.717) is 12.5 Å². The molecular formula is C13H18N2O2S. The van der Waals surface area contributed by atoms with Crippen LogP contribution in [0.15, 0.2) is 29.2 Å². The standard InChI is InChI=1S/C13H18N2O2S/c1-4-15(10-9-14)18(16,17)13-7-5-12(6-8-13)11(2)3/h5-8,11H,4,10H2,1-3H3. The SMILES string of the molecule is CCN(CC#N)S(=O)(=O)c1ccc(C(C)C)cc1. The van der Waals surface area contributed by atoms with Crippen LogP contribution in [0.25, 0.3) is 0 Å². The molecule has 0 fully saturated rings. The molecule has 0 aliphatic rings. The summed E-state index contributed by atoms with van der Waals surface area (Å²) in [6.07, 6.45) is 0. The summed E-state index contributed by atoms with van der Waals surface area (Å²) in [6.45, 7) is 6.00. The molecular weight excluding hydrogens is 248 g/mol. The minimum atomic E-state index is -3.54. The number of nitrogens with zero attached hydrogens (tertiary/aromatic N) is 2. The molecule has 0 unspecified atom stereocenters. The lowest BCUT2D eigenvalue weighted by Gasteiger charge is -2.17. The molecule has 98 valence electrons. The van der Waals surface area contributed by atoms with Gasteiger partial charge in [-0.1, -0.05) is 32.9 Å². The fourth-order valence-electron chi connectivity index (χ4n) is 1.62. The van der Waals surface area contributed by atoms with E-state index < -0.39 is 10.0 Å². The second-order valence-electron chi connectivity index (χ2n) is 4.31. The van der Waals surface area contributed by atoms with Gasteiger partial charge in [-0.25, -0.2) is 8.42 Å². The largest absolute Gasteiger partial charge is 0.244 e. The van der Waals surface area contributed by atoms with E-state index in [1.165, 1.54) is 0 Å². The molecule has 0 amide bonds. The lowest BCUT2D eigenvalue weighted by Crippen LogP contribution is -2.31. The Morgan fingerprint density at radius 1 is 1.28 bits per heavy atom. The Bertz CT molecular complexity index is 527. The molecule has 0 aliphatic carbocycles. The normalized spacial score (nSPS) is 11.8. The van der Waals surface area contributed by atoms with E-state index in [4.69, 9.17) is 5.26 Å². The van der Waals surface area contributed by atoms with Crippen molar-refractivity contribution in [3.63, 3.8) is 0 Å². The van der Waals surface area contributed by atoms with Crippen LogP contribution in [0.3, 0.4) is 0 Å². The predicted octanol–water partition coefficient (Wildman–Crippen LogP) is 2.34. The van der Waals surface area contributed by atoms with Crippen molar-refractivity contribution in [2.75, 3.05) is 13.1 Å². The van der Waals surface area contributed by atoms with Gasteiger partial charge in [-0.2, -0.15) is 9.57 Å². The van der Waals surface area contributed by atoms with Crippen LogP contribution < -0.4 is 0 Å². The summed E-state index contributed by atoms with van der Waals surface area (Å²) in [6, 6.07) is 8.71. The topological polar surface area (TPSA) is 61.2 Å². The molecule has 5 heteroatoms. The Labute approximate surface area is 109 Å². The summed E-state index contributed by atoms with van der Waals surface area (Å²) in [5.74, 6) is 0.364. The lowest BCUT2D eigenvalue weighted by atomic mass is 10.0. The van der Waals surface area contributed by atoms with E-state index in [0.717, 1.165) is 9.87 Å². The van der Waals surface area contributed by atoms with Crippen molar-refractivity contribution in [1.29, 1.82) is 5.26 Å². The van der Waals surface area contributed by atoms with Gasteiger partial charge in [0.2, 0.25) is 10.0 Å². The van der Waals surface area contributed by atoms with Gasteiger partial charge in [-0.3, -0.25) is 0 Å². The maximum atomic E-state index is 12.2. The zero-order chi connectivity index (χ0) is 13.8. The number of sulfonamides is 1. The number of nitriles is 1. The highest BCUT2D eigenvalue weighted by molar-refractivity contribution is 7.89. The summed E-state index contributed by atoms with van der Waals surface area (Å²) in [5, 5.41) is 8.64. The van der Waals surface area contributed by atoms with Gasteiger partial charge in [-0.05, 0) is 23.6 Å². The molecule has 0 saturated heterocycles. The van der Waals surface area contributed by atoms with Gasteiger partial charge in [0, 0.05) is 6.54 Å². The molecule has 0 radical (unpaired) electrons. The summed E-state index contributed by atoms with van der Waals surface area (Å²) in [5.41, 5.74) is 1.09. The fraction of sp³-hybridized carbons (Fsp3) is 0.462. The van der Waals surface area contributed by atoms with Crippen LogP contribution in [-0.2, 0) is 10.0 Å². The van der Waals surface area contributed by atoms with E-state index >= 15 is 0 Å². The first-order valence-electron chi connectivity index (χ1n) is 5.90. The van der Waals surface area contributed by atoms with Gasteiger partial charge in [0.15, 0.2) is 0 Å². The number of rotatable bonds is 5. The number of benzene rings is 1. The molecule has 0 N–H and O–H groups in total. The molecule has 0 bridgehead atoms. The van der Waals surface area contributed by atoms with E-state index in [1.807, 2.05) is 18.2 Å². The highest BCUT2D eigenvalue weighted by Crippen LogP contribution is 2.19. The van der Waals surface area contributed by atoms with E-state index in [1.54, 1.807) is 19.1 Å². The lowest BCUT2D eigenvalue weighted by molar-refractivity contribution is 0.462. The molecule has 0 aliphatic heterocycles.